The van der Waals surface area contributed by atoms with Crippen LogP contribution in [0.15, 0.2) is 54.1 Å². The summed E-state index contributed by atoms with van der Waals surface area (Å²) in [5.41, 5.74) is 6.42. The number of carbonyl (C=O) groups is 1. The molecule has 1 fully saturated rings. The fourth-order valence-electron chi connectivity index (χ4n) is 7.05. The van der Waals surface area contributed by atoms with Gasteiger partial charge in [-0.2, -0.15) is 5.10 Å². The molecule has 0 saturated carbocycles. The van der Waals surface area contributed by atoms with Crippen LogP contribution < -0.4 is 15.2 Å². The van der Waals surface area contributed by atoms with Crippen molar-refractivity contribution in [2.75, 3.05) is 24.6 Å². The minimum absolute atomic E-state index is 0.0333. The molecule has 2 unspecified atom stereocenters. The normalized spacial score (nSPS) is 18.0. The molecule has 7 rings (SSSR count). The minimum atomic E-state index is -0.308. The first-order valence-electron chi connectivity index (χ1n) is 15.6. The zero-order chi connectivity index (χ0) is 32.4. The van der Waals surface area contributed by atoms with Gasteiger partial charge in [-0.05, 0) is 62.1 Å². The Labute approximate surface area is 271 Å². The molecule has 2 atom stereocenters. The molecule has 0 spiro atoms. The lowest BCUT2D eigenvalue weighted by Gasteiger charge is -2.45. The number of piperazine rings is 1. The monoisotopic (exact) mass is 637 g/mol. The Kier molecular flexibility index (Phi) is 7.35. The summed E-state index contributed by atoms with van der Waals surface area (Å²) in [7, 11) is 0. The number of anilines is 1. The summed E-state index contributed by atoms with van der Waals surface area (Å²) in [6.07, 6.45) is 5.54. The second-order valence-electron chi connectivity index (χ2n) is 12.6. The van der Waals surface area contributed by atoms with Gasteiger partial charge in [0.05, 0.1) is 52.1 Å². The van der Waals surface area contributed by atoms with Crippen LogP contribution in [-0.2, 0) is 4.79 Å². The maximum Gasteiger partial charge on any atom is 0.301 e. The van der Waals surface area contributed by atoms with Crippen molar-refractivity contribution >= 4 is 45.1 Å². The first kappa shape index (κ1) is 30.0. The van der Waals surface area contributed by atoms with Gasteiger partial charge in [-0.1, -0.05) is 38.1 Å². The number of aromatic amines is 1. The third-order valence-corrected chi connectivity index (χ3v) is 9.60. The lowest BCUT2D eigenvalue weighted by molar-refractivity contribution is -0.128. The molecule has 1 aromatic carbocycles. The number of hydrogen-bond acceptors (Lipinski definition) is 7. The van der Waals surface area contributed by atoms with Crippen LogP contribution in [0, 0.1) is 13.8 Å². The molecule has 46 heavy (non-hydrogen) atoms. The second-order valence-corrected chi connectivity index (χ2v) is 13.0. The van der Waals surface area contributed by atoms with Gasteiger partial charge in [-0.25, -0.2) is 4.98 Å². The third-order valence-electron chi connectivity index (χ3n) is 9.31. The van der Waals surface area contributed by atoms with Gasteiger partial charge < -0.3 is 14.5 Å². The Morgan fingerprint density at radius 2 is 1.96 bits per heavy atom. The highest BCUT2D eigenvalue weighted by Gasteiger charge is 2.39. The molecule has 6 heterocycles. The number of benzene rings is 1. The number of ether oxygens (including phenoxy) is 1. The Balaban J connectivity index is 1.59. The molecule has 4 aromatic heterocycles. The van der Waals surface area contributed by atoms with Crippen molar-refractivity contribution in [2.45, 2.75) is 59.0 Å². The SMILES string of the molecule is C=CC(=O)N1CC2CCOc3c(c4cc(Cl)c(-c5c(C)ccc6[nH]ncc56)nc4n(-c4c(C)ccnc4C(C)C)c3=O)N2CC1C. The number of aryl methyl sites for hydroxylation is 2. The topological polar surface area (TPSA) is 109 Å². The number of nitrogens with zero attached hydrogens (tertiary/aromatic N) is 6. The molecule has 10 nitrogen and oxygen atoms in total. The predicted molar refractivity (Wildman–Crippen MR) is 181 cm³/mol. The van der Waals surface area contributed by atoms with E-state index in [0.29, 0.717) is 59.2 Å². The standard InChI is InChI=1S/C35H36ClN7O3/c1-7-27(44)41-17-22-11-13-46-33-32(42(22)16-21(41)6)23-14-25(36)30(28-19(4)8-9-26-24(28)15-38-40-26)39-34(23)43(35(33)45)31-20(5)10-12-37-29(31)18(2)3/h7-10,12,14-15,18,21-22H,1,11,13,16-17H2,2-6H3,(H,38,40). The molecule has 1 saturated heterocycles. The van der Waals surface area contributed by atoms with E-state index in [1.807, 2.05) is 49.9 Å². The van der Waals surface area contributed by atoms with E-state index in [1.165, 1.54) is 6.08 Å². The second kappa shape index (κ2) is 11.3. The van der Waals surface area contributed by atoms with E-state index in [1.54, 1.807) is 17.0 Å². The first-order valence-corrected chi connectivity index (χ1v) is 16.0. The van der Waals surface area contributed by atoms with Crippen LogP contribution in [0.2, 0.25) is 5.02 Å². The first-order chi connectivity index (χ1) is 22.1. The number of nitrogens with one attached hydrogen (secondary N) is 1. The van der Waals surface area contributed by atoms with Crippen LogP contribution in [0.4, 0.5) is 5.69 Å². The Bertz CT molecular complexity index is 2120. The van der Waals surface area contributed by atoms with E-state index >= 15 is 0 Å². The molecule has 0 aliphatic carbocycles. The number of H-pyrrole nitrogens is 1. The van der Waals surface area contributed by atoms with Gasteiger partial charge in [0.25, 0.3) is 0 Å². The molecule has 2 aliphatic rings. The highest BCUT2D eigenvalue weighted by Crippen LogP contribution is 2.44. The van der Waals surface area contributed by atoms with Crippen molar-refractivity contribution in [3.8, 4) is 22.7 Å². The van der Waals surface area contributed by atoms with E-state index in [0.717, 1.165) is 33.3 Å². The van der Waals surface area contributed by atoms with Gasteiger partial charge in [0.1, 0.15) is 0 Å². The van der Waals surface area contributed by atoms with Gasteiger partial charge in [0.15, 0.2) is 5.65 Å². The van der Waals surface area contributed by atoms with Gasteiger partial charge in [-0.3, -0.25) is 24.2 Å². The summed E-state index contributed by atoms with van der Waals surface area (Å²) in [4.78, 5) is 41.7. The largest absolute Gasteiger partial charge is 0.486 e. The van der Waals surface area contributed by atoms with E-state index in [-0.39, 0.29) is 35.2 Å². The van der Waals surface area contributed by atoms with E-state index in [2.05, 4.69) is 35.5 Å². The highest BCUT2D eigenvalue weighted by atomic mass is 35.5. The molecule has 0 bridgehead atoms. The van der Waals surface area contributed by atoms with Crippen LogP contribution in [0.5, 0.6) is 5.75 Å². The average Bonchev–Trinajstić information content (AvgIpc) is 3.43. The maximum absolute atomic E-state index is 14.9. The smallest absolute Gasteiger partial charge is 0.301 e. The van der Waals surface area contributed by atoms with Crippen molar-refractivity contribution in [3.05, 3.63) is 81.5 Å². The summed E-state index contributed by atoms with van der Waals surface area (Å²) >= 11 is 7.18. The van der Waals surface area contributed by atoms with E-state index in [4.69, 9.17) is 26.3 Å². The van der Waals surface area contributed by atoms with Crippen LogP contribution in [0.1, 0.15) is 49.9 Å². The molecule has 1 amide bonds. The number of hydrogen-bond donors (Lipinski definition) is 1. The van der Waals surface area contributed by atoms with Crippen LogP contribution >= 0.6 is 11.6 Å². The molecule has 236 valence electrons. The van der Waals surface area contributed by atoms with Crippen LogP contribution in [0.25, 0.3) is 38.9 Å². The van der Waals surface area contributed by atoms with Crippen molar-refractivity contribution in [1.29, 1.82) is 0 Å². The summed E-state index contributed by atoms with van der Waals surface area (Å²) in [6, 6.07) is 7.61. The molecular weight excluding hydrogens is 602 g/mol. The number of pyridine rings is 3. The predicted octanol–water partition coefficient (Wildman–Crippen LogP) is 6.09. The molecule has 11 heteroatoms. The number of rotatable bonds is 4. The molecular formula is C35H36ClN7O3. The number of halogens is 1. The van der Waals surface area contributed by atoms with Crippen molar-refractivity contribution in [1.82, 2.24) is 29.6 Å². The Hall–Kier alpha value is -4.70. The van der Waals surface area contributed by atoms with Crippen molar-refractivity contribution in [3.63, 3.8) is 0 Å². The lowest BCUT2D eigenvalue weighted by atomic mass is 9.99. The maximum atomic E-state index is 14.9. The molecule has 2 aliphatic heterocycles. The summed E-state index contributed by atoms with van der Waals surface area (Å²) < 4.78 is 8.02. The van der Waals surface area contributed by atoms with Crippen LogP contribution in [0.3, 0.4) is 0 Å². The van der Waals surface area contributed by atoms with Crippen LogP contribution in [-0.4, -0.2) is 67.3 Å². The van der Waals surface area contributed by atoms with Gasteiger partial charge in [-0.15, -0.1) is 0 Å². The summed E-state index contributed by atoms with van der Waals surface area (Å²) in [6.45, 7) is 15.2. The minimum Gasteiger partial charge on any atom is -0.486 e. The Morgan fingerprint density at radius 1 is 1.15 bits per heavy atom. The lowest BCUT2D eigenvalue weighted by Crippen LogP contribution is -2.59. The van der Waals surface area contributed by atoms with Gasteiger partial charge >= 0.3 is 5.56 Å². The Morgan fingerprint density at radius 3 is 2.72 bits per heavy atom. The average molecular weight is 638 g/mol. The fraction of sp³-hybridized carbons (Fsp3) is 0.343. The third kappa shape index (κ3) is 4.57. The quantitative estimate of drug-likeness (QED) is 0.238. The van der Waals surface area contributed by atoms with E-state index < -0.39 is 0 Å². The summed E-state index contributed by atoms with van der Waals surface area (Å²) in [5, 5.41) is 9.34. The van der Waals surface area contributed by atoms with Crippen molar-refractivity contribution in [2.24, 2.45) is 0 Å². The highest BCUT2D eigenvalue weighted by molar-refractivity contribution is 6.34. The molecule has 1 N–H and O–H groups in total. The van der Waals surface area contributed by atoms with Crippen molar-refractivity contribution < 1.29 is 9.53 Å². The van der Waals surface area contributed by atoms with Gasteiger partial charge in [0, 0.05) is 48.1 Å². The number of carbonyl (C=O) groups excluding carboxylic acids is 1. The van der Waals surface area contributed by atoms with E-state index in [9.17, 15) is 9.59 Å². The molecule has 0 radical (unpaired) electrons. The number of amides is 1. The zero-order valence-corrected chi connectivity index (χ0v) is 27.4. The number of aromatic nitrogens is 5. The molecule has 5 aromatic rings. The zero-order valence-electron chi connectivity index (χ0n) is 26.6. The fourth-order valence-corrected chi connectivity index (χ4v) is 7.30. The summed E-state index contributed by atoms with van der Waals surface area (Å²) in [5.74, 6) is 0.178. The number of fused-ring (bicyclic) bond motifs is 6. The van der Waals surface area contributed by atoms with Gasteiger partial charge in [0.2, 0.25) is 11.7 Å².